The molecule has 0 bridgehead atoms. The first-order chi connectivity index (χ1) is 16.7. The Morgan fingerprint density at radius 2 is 2.09 bits per heavy atom. The molecule has 186 valence electrons. The van der Waals surface area contributed by atoms with Gasteiger partial charge in [0.25, 0.3) is 5.56 Å². The number of fused-ring (bicyclic) bond motifs is 2. The molecule has 0 radical (unpaired) electrons. The standard InChI is InChI=1S/C25H31ClN6O3/c1-16(2)32-13-19(23(33)27-24(32)34)12-31-15-21(28-29-31)14-30-8-7-25(11-17(30)3)22-10-20(26)5-4-18(22)6-9-35-25/h4-5,10,13,15-17H,6-9,11-12,14H2,1-3H3,(H,27,33,34)/t17-,25+/m0/s1. The van der Waals surface area contributed by atoms with E-state index in [1.54, 1.807) is 10.9 Å². The third-order valence-electron chi connectivity index (χ3n) is 7.25. The average molecular weight is 499 g/mol. The zero-order valence-electron chi connectivity index (χ0n) is 20.3. The van der Waals surface area contributed by atoms with Crippen molar-refractivity contribution < 1.29 is 4.74 Å². The summed E-state index contributed by atoms with van der Waals surface area (Å²) < 4.78 is 9.56. The largest absolute Gasteiger partial charge is 0.370 e. The van der Waals surface area contributed by atoms with Crippen molar-refractivity contribution >= 4 is 11.6 Å². The molecule has 1 aromatic carbocycles. The fourth-order valence-electron chi connectivity index (χ4n) is 5.38. The predicted octanol–water partition coefficient (Wildman–Crippen LogP) is 2.86. The summed E-state index contributed by atoms with van der Waals surface area (Å²) in [6, 6.07) is 6.41. The normalized spacial score (nSPS) is 22.6. The number of H-pyrrole nitrogens is 1. The Morgan fingerprint density at radius 1 is 1.26 bits per heavy atom. The quantitative estimate of drug-likeness (QED) is 0.581. The van der Waals surface area contributed by atoms with Crippen LogP contribution in [-0.2, 0) is 29.8 Å². The molecular formula is C25H31ClN6O3. The van der Waals surface area contributed by atoms with Crippen LogP contribution in [0.3, 0.4) is 0 Å². The van der Waals surface area contributed by atoms with Crippen LogP contribution < -0.4 is 11.2 Å². The number of aromatic amines is 1. The molecule has 2 atom stereocenters. The summed E-state index contributed by atoms with van der Waals surface area (Å²) in [6.45, 7) is 8.54. The molecule has 2 aliphatic heterocycles. The molecule has 10 heteroatoms. The van der Waals surface area contributed by atoms with E-state index in [2.05, 4.69) is 39.3 Å². The van der Waals surface area contributed by atoms with Crippen LogP contribution in [-0.4, -0.2) is 48.6 Å². The van der Waals surface area contributed by atoms with E-state index < -0.39 is 11.2 Å². The van der Waals surface area contributed by atoms with Gasteiger partial charge < -0.3 is 4.74 Å². The topological polar surface area (TPSA) is 98.0 Å². The fourth-order valence-corrected chi connectivity index (χ4v) is 5.55. The molecule has 1 spiro atoms. The van der Waals surface area contributed by atoms with Gasteiger partial charge in [-0.15, -0.1) is 5.10 Å². The minimum atomic E-state index is -0.406. The lowest BCUT2D eigenvalue weighted by Gasteiger charge is -2.48. The van der Waals surface area contributed by atoms with Gasteiger partial charge in [-0.2, -0.15) is 0 Å². The Kier molecular flexibility index (Phi) is 6.41. The van der Waals surface area contributed by atoms with Crippen molar-refractivity contribution in [1.29, 1.82) is 0 Å². The molecule has 9 nitrogen and oxygen atoms in total. The van der Waals surface area contributed by atoms with Crippen LogP contribution in [0.4, 0.5) is 0 Å². The van der Waals surface area contributed by atoms with Gasteiger partial charge in [0.05, 0.1) is 36.2 Å². The second-order valence-corrected chi connectivity index (χ2v) is 10.4. The Balaban J connectivity index is 1.28. The summed E-state index contributed by atoms with van der Waals surface area (Å²) in [5, 5.41) is 9.32. The number of aromatic nitrogens is 5. The molecule has 0 saturated carbocycles. The maximum atomic E-state index is 12.3. The van der Waals surface area contributed by atoms with Crippen LogP contribution in [0.25, 0.3) is 0 Å². The number of likely N-dealkylation sites (tertiary alicyclic amines) is 1. The molecule has 2 aromatic heterocycles. The highest BCUT2D eigenvalue weighted by Gasteiger charge is 2.43. The van der Waals surface area contributed by atoms with Gasteiger partial charge in [-0.25, -0.2) is 9.48 Å². The molecule has 1 saturated heterocycles. The van der Waals surface area contributed by atoms with E-state index in [9.17, 15) is 9.59 Å². The van der Waals surface area contributed by atoms with E-state index in [1.165, 1.54) is 15.7 Å². The van der Waals surface area contributed by atoms with E-state index in [4.69, 9.17) is 16.3 Å². The molecule has 0 aliphatic carbocycles. The van der Waals surface area contributed by atoms with E-state index in [0.717, 1.165) is 43.1 Å². The van der Waals surface area contributed by atoms with Crippen molar-refractivity contribution in [3.05, 3.63) is 78.8 Å². The third-order valence-corrected chi connectivity index (χ3v) is 7.48. The smallest absolute Gasteiger partial charge is 0.328 e. The third kappa shape index (κ3) is 4.72. The summed E-state index contributed by atoms with van der Waals surface area (Å²) in [6.07, 6.45) is 6.18. The number of nitrogens with zero attached hydrogens (tertiary/aromatic N) is 5. The van der Waals surface area contributed by atoms with Crippen molar-refractivity contribution in [3.63, 3.8) is 0 Å². The Hall–Kier alpha value is -2.75. The molecule has 0 amide bonds. The molecule has 5 rings (SSSR count). The van der Waals surface area contributed by atoms with Gasteiger partial charge in [-0.1, -0.05) is 22.9 Å². The number of rotatable bonds is 5. The van der Waals surface area contributed by atoms with Crippen LogP contribution in [0.5, 0.6) is 0 Å². The van der Waals surface area contributed by atoms with Gasteiger partial charge in [0, 0.05) is 36.4 Å². The molecule has 35 heavy (non-hydrogen) atoms. The SMILES string of the molecule is CC(C)n1cc(Cn2cc(CN3CC[C@]4(C[C@@H]3C)OCCc3ccc(Cl)cc34)nn2)c(=O)[nH]c1=O. The van der Waals surface area contributed by atoms with Crippen LogP contribution in [0, 0.1) is 0 Å². The number of ether oxygens (including phenoxy) is 1. The lowest BCUT2D eigenvalue weighted by atomic mass is 9.77. The summed E-state index contributed by atoms with van der Waals surface area (Å²) in [7, 11) is 0. The molecule has 1 fully saturated rings. The van der Waals surface area contributed by atoms with E-state index in [0.29, 0.717) is 12.1 Å². The van der Waals surface area contributed by atoms with Crippen molar-refractivity contribution in [1.82, 2.24) is 29.4 Å². The molecular weight excluding hydrogens is 468 g/mol. The number of hydrogen-bond acceptors (Lipinski definition) is 6. The first kappa shape index (κ1) is 24.0. The first-order valence-corrected chi connectivity index (χ1v) is 12.5. The van der Waals surface area contributed by atoms with Gasteiger partial charge in [-0.3, -0.25) is 19.2 Å². The van der Waals surface area contributed by atoms with Crippen LogP contribution >= 0.6 is 11.6 Å². The average Bonchev–Trinajstić information content (AvgIpc) is 3.25. The Morgan fingerprint density at radius 3 is 2.86 bits per heavy atom. The second-order valence-electron chi connectivity index (χ2n) is 9.99. The van der Waals surface area contributed by atoms with Gasteiger partial charge in [0.15, 0.2) is 0 Å². The minimum absolute atomic E-state index is 0.0515. The van der Waals surface area contributed by atoms with E-state index in [1.807, 2.05) is 26.1 Å². The molecule has 4 heterocycles. The van der Waals surface area contributed by atoms with Gasteiger partial charge in [0.1, 0.15) is 0 Å². The van der Waals surface area contributed by atoms with Gasteiger partial charge in [-0.05, 0) is 63.3 Å². The van der Waals surface area contributed by atoms with Crippen molar-refractivity contribution in [2.45, 2.75) is 70.8 Å². The summed E-state index contributed by atoms with van der Waals surface area (Å²) in [4.78, 5) is 29.1. The van der Waals surface area contributed by atoms with Crippen molar-refractivity contribution in [2.24, 2.45) is 0 Å². The fraction of sp³-hybridized carbons (Fsp3) is 0.520. The lowest BCUT2D eigenvalue weighted by molar-refractivity contribution is -0.113. The number of nitrogens with one attached hydrogen (secondary N) is 1. The van der Waals surface area contributed by atoms with Crippen molar-refractivity contribution in [2.75, 3.05) is 13.2 Å². The summed E-state index contributed by atoms with van der Waals surface area (Å²) >= 11 is 6.33. The highest BCUT2D eigenvalue weighted by atomic mass is 35.5. The first-order valence-electron chi connectivity index (χ1n) is 12.1. The van der Waals surface area contributed by atoms with Gasteiger partial charge >= 0.3 is 5.69 Å². The van der Waals surface area contributed by atoms with Crippen LogP contribution in [0.1, 0.15) is 62.0 Å². The van der Waals surface area contributed by atoms with E-state index in [-0.39, 0.29) is 24.2 Å². The zero-order valence-corrected chi connectivity index (χ0v) is 21.1. The number of piperidine rings is 1. The highest BCUT2D eigenvalue weighted by molar-refractivity contribution is 6.30. The monoisotopic (exact) mass is 498 g/mol. The highest BCUT2D eigenvalue weighted by Crippen LogP contribution is 2.44. The summed E-state index contributed by atoms with van der Waals surface area (Å²) in [5.41, 5.74) is 2.80. The molecule has 1 N–H and O–H groups in total. The number of hydrogen-bond donors (Lipinski definition) is 1. The Labute approximate surface area is 208 Å². The predicted molar refractivity (Wildman–Crippen MR) is 133 cm³/mol. The zero-order chi connectivity index (χ0) is 24.7. The lowest BCUT2D eigenvalue weighted by Crippen LogP contribution is -2.50. The maximum absolute atomic E-state index is 12.3. The van der Waals surface area contributed by atoms with Crippen LogP contribution in [0.15, 0.2) is 40.2 Å². The number of benzene rings is 1. The number of halogens is 1. The van der Waals surface area contributed by atoms with Crippen LogP contribution in [0.2, 0.25) is 5.02 Å². The second kappa shape index (κ2) is 9.37. The van der Waals surface area contributed by atoms with E-state index >= 15 is 0 Å². The minimum Gasteiger partial charge on any atom is -0.370 e. The van der Waals surface area contributed by atoms with Gasteiger partial charge in [0.2, 0.25) is 0 Å². The Bertz CT molecular complexity index is 1350. The molecule has 2 aliphatic rings. The molecule has 3 aromatic rings. The summed E-state index contributed by atoms with van der Waals surface area (Å²) in [5.74, 6) is 0. The van der Waals surface area contributed by atoms with Crippen molar-refractivity contribution in [3.8, 4) is 0 Å². The molecule has 0 unspecified atom stereocenters. The maximum Gasteiger partial charge on any atom is 0.328 e.